The van der Waals surface area contributed by atoms with Crippen LogP contribution in [0.25, 0.3) is 0 Å². The quantitative estimate of drug-likeness (QED) is 0.677. The molecule has 1 saturated heterocycles. The molecule has 1 aliphatic rings. The fraction of sp³-hybridized carbons (Fsp3) is 1.00. The first-order valence-electron chi connectivity index (χ1n) is 5.12. The second kappa shape index (κ2) is 4.83. The second-order valence-corrected chi connectivity index (χ2v) is 3.97. The molecule has 0 saturated carbocycles. The van der Waals surface area contributed by atoms with E-state index >= 15 is 0 Å². The zero-order chi connectivity index (χ0) is 8.97. The summed E-state index contributed by atoms with van der Waals surface area (Å²) in [6, 6.07) is 0.586. The molecule has 1 rings (SSSR count). The van der Waals surface area contributed by atoms with Gasteiger partial charge in [0.2, 0.25) is 0 Å². The Balaban J connectivity index is 2.07. The van der Waals surface area contributed by atoms with E-state index in [0.29, 0.717) is 12.6 Å². The monoisotopic (exact) mass is 171 g/mol. The summed E-state index contributed by atoms with van der Waals surface area (Å²) in [5.41, 5.74) is 0. The molecule has 1 unspecified atom stereocenters. The van der Waals surface area contributed by atoms with Gasteiger partial charge in [0.25, 0.3) is 0 Å². The van der Waals surface area contributed by atoms with Crippen LogP contribution in [-0.4, -0.2) is 35.7 Å². The molecule has 12 heavy (non-hydrogen) atoms. The highest BCUT2D eigenvalue weighted by Gasteiger charge is 2.28. The van der Waals surface area contributed by atoms with Crippen LogP contribution in [0, 0.1) is 5.92 Å². The first-order valence-corrected chi connectivity index (χ1v) is 5.12. The van der Waals surface area contributed by atoms with Crippen LogP contribution in [0.2, 0.25) is 0 Å². The smallest absolute Gasteiger partial charge is 0.0445 e. The molecule has 2 nitrogen and oxygen atoms in total. The Bertz CT molecular complexity index is 121. The van der Waals surface area contributed by atoms with Crippen molar-refractivity contribution in [1.82, 2.24) is 4.90 Å². The summed E-state index contributed by atoms with van der Waals surface area (Å²) < 4.78 is 0. The standard InChI is InChI=1S/C10H21NO/c1-3-4-10-7-11(8-10)9(2)5-6-12/h9-10,12H,3-8H2,1-2H3. The molecule has 1 aliphatic heterocycles. The van der Waals surface area contributed by atoms with E-state index in [4.69, 9.17) is 5.11 Å². The lowest BCUT2D eigenvalue weighted by Gasteiger charge is -2.43. The van der Waals surface area contributed by atoms with Gasteiger partial charge in [-0.15, -0.1) is 0 Å². The SMILES string of the molecule is CCCC1CN(C(C)CCO)C1. The first-order chi connectivity index (χ1) is 5.77. The summed E-state index contributed by atoms with van der Waals surface area (Å²) in [6.07, 6.45) is 3.62. The number of aliphatic hydroxyl groups excluding tert-OH is 1. The van der Waals surface area contributed by atoms with Gasteiger partial charge in [-0.3, -0.25) is 4.90 Å². The van der Waals surface area contributed by atoms with Gasteiger partial charge in [-0.05, 0) is 25.7 Å². The number of aliphatic hydroxyl groups is 1. The minimum absolute atomic E-state index is 0.329. The van der Waals surface area contributed by atoms with Gasteiger partial charge in [-0.25, -0.2) is 0 Å². The lowest BCUT2D eigenvalue weighted by molar-refractivity contribution is 0.0439. The lowest BCUT2D eigenvalue weighted by atomic mass is 9.93. The molecule has 0 amide bonds. The van der Waals surface area contributed by atoms with E-state index in [9.17, 15) is 0 Å². The summed E-state index contributed by atoms with van der Waals surface area (Å²) in [5.74, 6) is 0.941. The Morgan fingerprint density at radius 3 is 2.67 bits per heavy atom. The molecule has 72 valence electrons. The normalized spacial score (nSPS) is 22.2. The van der Waals surface area contributed by atoms with Gasteiger partial charge in [-0.2, -0.15) is 0 Å². The summed E-state index contributed by atoms with van der Waals surface area (Å²) >= 11 is 0. The maximum absolute atomic E-state index is 8.75. The van der Waals surface area contributed by atoms with Crippen LogP contribution in [0.5, 0.6) is 0 Å². The van der Waals surface area contributed by atoms with E-state index in [1.54, 1.807) is 0 Å². The van der Waals surface area contributed by atoms with E-state index < -0.39 is 0 Å². The number of hydrogen-bond acceptors (Lipinski definition) is 2. The van der Waals surface area contributed by atoms with Crippen molar-refractivity contribution in [2.45, 2.75) is 39.2 Å². The van der Waals surface area contributed by atoms with Gasteiger partial charge in [0, 0.05) is 25.7 Å². The molecular weight excluding hydrogens is 150 g/mol. The van der Waals surface area contributed by atoms with Crippen LogP contribution in [-0.2, 0) is 0 Å². The van der Waals surface area contributed by atoms with Crippen molar-refractivity contribution in [2.24, 2.45) is 5.92 Å². The molecule has 2 heteroatoms. The van der Waals surface area contributed by atoms with Crippen molar-refractivity contribution in [3.63, 3.8) is 0 Å². The molecule has 0 aromatic rings. The average Bonchev–Trinajstić information content (AvgIpc) is 1.96. The summed E-state index contributed by atoms with van der Waals surface area (Å²) in [6.45, 7) is 7.30. The first kappa shape index (κ1) is 10.0. The van der Waals surface area contributed by atoms with Crippen LogP contribution in [0.4, 0.5) is 0 Å². The minimum atomic E-state index is 0.329. The number of rotatable bonds is 5. The van der Waals surface area contributed by atoms with Crippen LogP contribution < -0.4 is 0 Å². The van der Waals surface area contributed by atoms with Gasteiger partial charge in [0.15, 0.2) is 0 Å². The Labute approximate surface area is 75.6 Å². The Morgan fingerprint density at radius 1 is 1.50 bits per heavy atom. The number of hydrogen-bond donors (Lipinski definition) is 1. The van der Waals surface area contributed by atoms with Crippen molar-refractivity contribution in [3.8, 4) is 0 Å². The van der Waals surface area contributed by atoms with Gasteiger partial charge < -0.3 is 5.11 Å². The van der Waals surface area contributed by atoms with Crippen LogP contribution in [0.3, 0.4) is 0 Å². The van der Waals surface area contributed by atoms with E-state index in [0.717, 1.165) is 12.3 Å². The largest absolute Gasteiger partial charge is 0.396 e. The van der Waals surface area contributed by atoms with E-state index in [2.05, 4.69) is 18.7 Å². The molecule has 0 radical (unpaired) electrons. The fourth-order valence-electron chi connectivity index (χ4n) is 1.93. The molecule has 1 N–H and O–H groups in total. The van der Waals surface area contributed by atoms with Crippen molar-refractivity contribution in [3.05, 3.63) is 0 Å². The highest BCUT2D eigenvalue weighted by Crippen LogP contribution is 2.23. The highest BCUT2D eigenvalue weighted by atomic mass is 16.3. The predicted octanol–water partition coefficient (Wildman–Crippen LogP) is 1.49. The Morgan fingerprint density at radius 2 is 2.17 bits per heavy atom. The van der Waals surface area contributed by atoms with Crippen LogP contribution in [0.1, 0.15) is 33.1 Å². The van der Waals surface area contributed by atoms with Gasteiger partial charge >= 0.3 is 0 Å². The maximum atomic E-state index is 8.75. The molecule has 0 aromatic heterocycles. The average molecular weight is 171 g/mol. The number of likely N-dealkylation sites (tertiary alicyclic amines) is 1. The predicted molar refractivity (Wildman–Crippen MR) is 51.1 cm³/mol. The molecule has 0 bridgehead atoms. The number of nitrogens with zero attached hydrogens (tertiary/aromatic N) is 1. The second-order valence-electron chi connectivity index (χ2n) is 3.97. The lowest BCUT2D eigenvalue weighted by Crippen LogP contribution is -2.51. The van der Waals surface area contributed by atoms with Gasteiger partial charge in [0.1, 0.15) is 0 Å². The van der Waals surface area contributed by atoms with Gasteiger partial charge in [0.05, 0.1) is 0 Å². The van der Waals surface area contributed by atoms with Crippen LogP contribution in [0.15, 0.2) is 0 Å². The summed E-state index contributed by atoms with van der Waals surface area (Å²) in [4.78, 5) is 2.47. The van der Waals surface area contributed by atoms with E-state index in [1.165, 1.54) is 25.9 Å². The molecule has 0 aliphatic carbocycles. The topological polar surface area (TPSA) is 23.5 Å². The molecular formula is C10H21NO. The van der Waals surface area contributed by atoms with Crippen LogP contribution >= 0.6 is 0 Å². The zero-order valence-corrected chi connectivity index (χ0v) is 8.29. The highest BCUT2D eigenvalue weighted by molar-refractivity contribution is 4.82. The van der Waals surface area contributed by atoms with E-state index in [1.807, 2.05) is 0 Å². The third-order valence-corrected chi connectivity index (χ3v) is 2.85. The molecule has 0 spiro atoms. The third-order valence-electron chi connectivity index (χ3n) is 2.85. The Kier molecular flexibility index (Phi) is 4.02. The van der Waals surface area contributed by atoms with Gasteiger partial charge in [-0.1, -0.05) is 13.3 Å². The fourth-order valence-corrected chi connectivity index (χ4v) is 1.93. The maximum Gasteiger partial charge on any atom is 0.0445 e. The molecule has 1 heterocycles. The molecule has 1 fully saturated rings. The summed E-state index contributed by atoms with van der Waals surface area (Å²) in [5, 5.41) is 8.75. The van der Waals surface area contributed by atoms with Crippen molar-refractivity contribution in [1.29, 1.82) is 0 Å². The molecule has 1 atom stereocenters. The van der Waals surface area contributed by atoms with Crippen molar-refractivity contribution >= 4 is 0 Å². The van der Waals surface area contributed by atoms with E-state index in [-0.39, 0.29) is 0 Å². The summed E-state index contributed by atoms with van der Waals surface area (Å²) in [7, 11) is 0. The van der Waals surface area contributed by atoms with Crippen molar-refractivity contribution in [2.75, 3.05) is 19.7 Å². The van der Waals surface area contributed by atoms with Crippen molar-refractivity contribution < 1.29 is 5.11 Å². The Hall–Kier alpha value is -0.0800. The molecule has 0 aromatic carbocycles. The zero-order valence-electron chi connectivity index (χ0n) is 8.29. The minimum Gasteiger partial charge on any atom is -0.396 e. The third kappa shape index (κ3) is 2.46.